The second-order valence-electron chi connectivity index (χ2n) is 5.87. The Kier molecular flexibility index (Phi) is 7.33. The van der Waals surface area contributed by atoms with Crippen molar-refractivity contribution in [3.63, 3.8) is 0 Å². The van der Waals surface area contributed by atoms with Gasteiger partial charge >= 0.3 is 0 Å². The van der Waals surface area contributed by atoms with Gasteiger partial charge in [-0.25, -0.2) is 0 Å². The van der Waals surface area contributed by atoms with E-state index in [-0.39, 0.29) is 5.91 Å². The highest BCUT2D eigenvalue weighted by molar-refractivity contribution is 5.93. The Hall–Kier alpha value is -2.49. The van der Waals surface area contributed by atoms with Crippen LogP contribution in [0.2, 0.25) is 0 Å². The smallest absolute Gasteiger partial charge is 0.228 e. The van der Waals surface area contributed by atoms with Crippen LogP contribution in [0.5, 0.6) is 0 Å². The Balaban J connectivity index is 1.86. The summed E-state index contributed by atoms with van der Waals surface area (Å²) < 4.78 is 0. The van der Waals surface area contributed by atoms with Crippen molar-refractivity contribution in [1.82, 2.24) is 0 Å². The zero-order valence-corrected chi connectivity index (χ0v) is 15.5. The van der Waals surface area contributed by atoms with Gasteiger partial charge in [0.15, 0.2) is 0 Å². The van der Waals surface area contributed by atoms with Crippen molar-refractivity contribution in [3.8, 4) is 0 Å². The minimum absolute atomic E-state index is 0.140. The maximum atomic E-state index is 12.5. The summed E-state index contributed by atoms with van der Waals surface area (Å²) in [5, 5.41) is 3.34. The molecule has 0 unspecified atom stereocenters. The van der Waals surface area contributed by atoms with Crippen LogP contribution in [0.1, 0.15) is 27.2 Å². The van der Waals surface area contributed by atoms with E-state index in [4.69, 9.17) is 0 Å². The molecular weight excluding hydrogens is 310 g/mol. The predicted octanol–water partition coefficient (Wildman–Crippen LogP) is 4.39. The van der Waals surface area contributed by atoms with Crippen molar-refractivity contribution >= 4 is 23.0 Å². The third-order valence-corrected chi connectivity index (χ3v) is 4.35. The minimum Gasteiger partial charge on any atom is -0.385 e. The number of carbonyl (C=O) groups excluding carboxylic acids is 1. The van der Waals surface area contributed by atoms with Crippen LogP contribution in [0.25, 0.3) is 0 Å². The van der Waals surface area contributed by atoms with Crippen LogP contribution in [0.3, 0.4) is 0 Å². The average molecular weight is 339 g/mol. The Bertz CT molecular complexity index is 636. The zero-order valence-electron chi connectivity index (χ0n) is 15.5. The van der Waals surface area contributed by atoms with Gasteiger partial charge in [0.05, 0.1) is 0 Å². The largest absolute Gasteiger partial charge is 0.385 e. The fourth-order valence-electron chi connectivity index (χ4n) is 2.94. The van der Waals surface area contributed by atoms with Crippen LogP contribution in [-0.4, -0.2) is 32.1 Å². The number of benzene rings is 2. The molecule has 0 aliphatic carbocycles. The summed E-state index contributed by atoms with van der Waals surface area (Å²) in [4.78, 5) is 16.6. The molecule has 0 spiro atoms. The van der Waals surface area contributed by atoms with Crippen LogP contribution in [-0.2, 0) is 4.79 Å². The van der Waals surface area contributed by atoms with Crippen molar-refractivity contribution in [2.24, 2.45) is 0 Å². The summed E-state index contributed by atoms with van der Waals surface area (Å²) in [5.74, 6) is 0.140. The highest BCUT2D eigenvalue weighted by atomic mass is 16.2. The van der Waals surface area contributed by atoms with Gasteiger partial charge in [0, 0.05) is 49.7 Å². The molecule has 0 aliphatic rings. The minimum atomic E-state index is 0.140. The second kappa shape index (κ2) is 9.72. The van der Waals surface area contributed by atoms with E-state index in [0.29, 0.717) is 19.5 Å². The topological polar surface area (TPSA) is 35.6 Å². The van der Waals surface area contributed by atoms with Crippen LogP contribution in [0.15, 0.2) is 54.6 Å². The lowest BCUT2D eigenvalue weighted by molar-refractivity contribution is -0.118. The van der Waals surface area contributed by atoms with Crippen molar-refractivity contribution in [3.05, 3.63) is 54.6 Å². The number of para-hydroxylation sites is 1. The Morgan fingerprint density at radius 2 is 1.48 bits per heavy atom. The molecule has 0 aromatic heterocycles. The third kappa shape index (κ3) is 5.24. The number of rotatable bonds is 9. The number of hydrogen-bond acceptors (Lipinski definition) is 3. The van der Waals surface area contributed by atoms with E-state index in [2.05, 4.69) is 48.3 Å². The van der Waals surface area contributed by atoms with Gasteiger partial charge in [0.25, 0.3) is 0 Å². The lowest BCUT2D eigenvalue weighted by Gasteiger charge is -2.22. The summed E-state index contributed by atoms with van der Waals surface area (Å²) in [6.07, 6.45) is 0.473. The Labute approximate surface area is 151 Å². The summed E-state index contributed by atoms with van der Waals surface area (Å²) in [7, 11) is 0. The first-order chi connectivity index (χ1) is 12.2. The molecule has 0 saturated carbocycles. The van der Waals surface area contributed by atoms with Gasteiger partial charge in [-0.3, -0.25) is 4.79 Å². The van der Waals surface area contributed by atoms with Crippen molar-refractivity contribution in [2.45, 2.75) is 27.2 Å². The van der Waals surface area contributed by atoms with E-state index in [0.717, 1.165) is 24.5 Å². The lowest BCUT2D eigenvalue weighted by Crippen LogP contribution is -2.31. The maximum absolute atomic E-state index is 12.5. The molecule has 0 atom stereocenters. The SMILES string of the molecule is CCN(CC)c1ccc(NCCC(=O)N(CC)c2ccccc2)cc1. The number of anilines is 3. The van der Waals surface area contributed by atoms with Crippen molar-refractivity contribution < 1.29 is 4.79 Å². The highest BCUT2D eigenvalue weighted by Gasteiger charge is 2.12. The van der Waals surface area contributed by atoms with Crippen LogP contribution < -0.4 is 15.1 Å². The van der Waals surface area contributed by atoms with E-state index in [1.54, 1.807) is 0 Å². The van der Waals surface area contributed by atoms with Gasteiger partial charge in [-0.05, 0) is 57.2 Å². The maximum Gasteiger partial charge on any atom is 0.228 e. The fraction of sp³-hybridized carbons (Fsp3) is 0.381. The summed E-state index contributed by atoms with van der Waals surface area (Å²) in [5.41, 5.74) is 3.23. The van der Waals surface area contributed by atoms with Gasteiger partial charge in [-0.1, -0.05) is 18.2 Å². The van der Waals surface area contributed by atoms with Crippen LogP contribution in [0, 0.1) is 0 Å². The van der Waals surface area contributed by atoms with E-state index >= 15 is 0 Å². The summed E-state index contributed by atoms with van der Waals surface area (Å²) >= 11 is 0. The molecular formula is C21H29N3O. The average Bonchev–Trinajstić information content (AvgIpc) is 2.65. The Morgan fingerprint density at radius 3 is 2.04 bits per heavy atom. The molecule has 2 aromatic rings. The molecule has 0 fully saturated rings. The van der Waals surface area contributed by atoms with Gasteiger partial charge in [0.1, 0.15) is 0 Å². The fourth-order valence-corrected chi connectivity index (χ4v) is 2.94. The first-order valence-electron chi connectivity index (χ1n) is 9.13. The van der Waals surface area contributed by atoms with Crippen molar-refractivity contribution in [1.29, 1.82) is 0 Å². The molecule has 2 rings (SSSR count). The van der Waals surface area contributed by atoms with Gasteiger partial charge in [-0.2, -0.15) is 0 Å². The number of carbonyl (C=O) groups is 1. The molecule has 0 heterocycles. The van der Waals surface area contributed by atoms with Crippen molar-refractivity contribution in [2.75, 3.05) is 41.3 Å². The predicted molar refractivity (Wildman–Crippen MR) is 108 cm³/mol. The monoisotopic (exact) mass is 339 g/mol. The molecule has 0 aliphatic heterocycles. The van der Waals surface area contributed by atoms with Crippen LogP contribution in [0.4, 0.5) is 17.1 Å². The molecule has 1 amide bonds. The lowest BCUT2D eigenvalue weighted by atomic mass is 10.2. The number of hydrogen-bond donors (Lipinski definition) is 1. The number of amides is 1. The number of nitrogens with zero attached hydrogens (tertiary/aromatic N) is 2. The molecule has 0 bridgehead atoms. The van der Waals surface area contributed by atoms with E-state index < -0.39 is 0 Å². The first kappa shape index (κ1) is 18.8. The molecule has 0 radical (unpaired) electrons. The van der Waals surface area contributed by atoms with E-state index in [1.807, 2.05) is 42.2 Å². The third-order valence-electron chi connectivity index (χ3n) is 4.35. The summed E-state index contributed by atoms with van der Waals surface area (Å²) in [6, 6.07) is 18.2. The van der Waals surface area contributed by atoms with Gasteiger partial charge in [0.2, 0.25) is 5.91 Å². The highest BCUT2D eigenvalue weighted by Crippen LogP contribution is 2.18. The normalized spacial score (nSPS) is 10.4. The number of nitrogens with one attached hydrogen (secondary N) is 1. The van der Waals surface area contributed by atoms with Crippen LogP contribution >= 0.6 is 0 Å². The molecule has 4 nitrogen and oxygen atoms in total. The molecule has 4 heteroatoms. The standard InChI is InChI=1S/C21H29N3O/c1-4-23(5-2)19-14-12-18(13-15-19)22-17-16-21(25)24(6-3)20-10-8-7-9-11-20/h7-15,22H,4-6,16-17H2,1-3H3. The van der Waals surface area contributed by atoms with Gasteiger partial charge in [-0.15, -0.1) is 0 Å². The quantitative estimate of drug-likeness (QED) is 0.736. The van der Waals surface area contributed by atoms with E-state index in [9.17, 15) is 4.79 Å². The molecule has 134 valence electrons. The molecule has 0 saturated heterocycles. The zero-order chi connectivity index (χ0) is 18.1. The molecule has 1 N–H and O–H groups in total. The second-order valence-corrected chi connectivity index (χ2v) is 5.87. The summed E-state index contributed by atoms with van der Waals surface area (Å²) in [6.45, 7) is 9.65. The molecule has 2 aromatic carbocycles. The Morgan fingerprint density at radius 1 is 0.840 bits per heavy atom. The van der Waals surface area contributed by atoms with Gasteiger partial charge < -0.3 is 15.1 Å². The molecule has 25 heavy (non-hydrogen) atoms. The first-order valence-corrected chi connectivity index (χ1v) is 9.13. The van der Waals surface area contributed by atoms with E-state index in [1.165, 1.54) is 5.69 Å².